The first-order valence-electron chi connectivity index (χ1n) is 12.1. The fourth-order valence-electron chi connectivity index (χ4n) is 4.76. The Bertz CT molecular complexity index is 1270. The van der Waals surface area contributed by atoms with E-state index < -0.39 is 0 Å². The van der Waals surface area contributed by atoms with Crippen LogP contribution in [0, 0.1) is 23.6 Å². The standard InChI is InChI=1S/C26H32FN3O3S/c1-17(2)10-12-28-24(31)20-8-6-18(7-9-20)15-30-25(32)23-22(11-13-34-23)29(26(30)33)16-19-4-3-5-21(27)14-19/h3-5,11,13-14,17-18,20H,6-10,12,15-16H2,1-2H3,(H,28,31). The Morgan fingerprint density at radius 1 is 1.15 bits per heavy atom. The topological polar surface area (TPSA) is 73.1 Å². The number of amides is 1. The van der Waals surface area contributed by atoms with Crippen LogP contribution in [-0.2, 0) is 17.9 Å². The molecule has 6 nitrogen and oxygen atoms in total. The summed E-state index contributed by atoms with van der Waals surface area (Å²) in [7, 11) is 0. The number of hydrogen-bond acceptors (Lipinski definition) is 4. The molecule has 0 radical (unpaired) electrons. The van der Waals surface area contributed by atoms with Crippen molar-refractivity contribution in [2.24, 2.45) is 17.8 Å². The van der Waals surface area contributed by atoms with Crippen molar-refractivity contribution in [1.29, 1.82) is 0 Å². The quantitative estimate of drug-likeness (QED) is 0.515. The second-order valence-electron chi connectivity index (χ2n) is 9.74. The van der Waals surface area contributed by atoms with Gasteiger partial charge < -0.3 is 5.32 Å². The molecule has 0 unspecified atom stereocenters. The largest absolute Gasteiger partial charge is 0.356 e. The number of nitrogens with one attached hydrogen (secondary N) is 1. The molecule has 1 N–H and O–H groups in total. The van der Waals surface area contributed by atoms with E-state index >= 15 is 0 Å². The van der Waals surface area contributed by atoms with Gasteiger partial charge in [-0.2, -0.15) is 0 Å². The van der Waals surface area contributed by atoms with E-state index in [0.29, 0.717) is 34.8 Å². The van der Waals surface area contributed by atoms with Gasteiger partial charge in [0.1, 0.15) is 10.5 Å². The van der Waals surface area contributed by atoms with Crippen molar-refractivity contribution in [3.63, 3.8) is 0 Å². The Labute approximate surface area is 202 Å². The summed E-state index contributed by atoms with van der Waals surface area (Å²) in [5.41, 5.74) is 0.624. The number of benzene rings is 1. The van der Waals surface area contributed by atoms with E-state index in [9.17, 15) is 18.8 Å². The lowest BCUT2D eigenvalue weighted by molar-refractivity contribution is -0.126. The van der Waals surface area contributed by atoms with Crippen molar-refractivity contribution < 1.29 is 9.18 Å². The van der Waals surface area contributed by atoms with E-state index in [1.165, 1.54) is 28.0 Å². The van der Waals surface area contributed by atoms with Gasteiger partial charge in [-0.3, -0.25) is 18.7 Å². The molecule has 2 heterocycles. The maximum atomic E-state index is 13.7. The van der Waals surface area contributed by atoms with Gasteiger partial charge in [0.15, 0.2) is 0 Å². The minimum Gasteiger partial charge on any atom is -0.356 e. The summed E-state index contributed by atoms with van der Waals surface area (Å²) in [6.07, 6.45) is 4.12. The van der Waals surface area contributed by atoms with Crippen LogP contribution < -0.4 is 16.6 Å². The second-order valence-corrected chi connectivity index (χ2v) is 10.7. The van der Waals surface area contributed by atoms with Gasteiger partial charge in [-0.25, -0.2) is 9.18 Å². The minimum atomic E-state index is -0.367. The van der Waals surface area contributed by atoms with Gasteiger partial charge in [0.05, 0.1) is 12.1 Å². The van der Waals surface area contributed by atoms with Crippen LogP contribution in [0.2, 0.25) is 0 Å². The highest BCUT2D eigenvalue weighted by molar-refractivity contribution is 7.17. The van der Waals surface area contributed by atoms with Crippen LogP contribution in [0.4, 0.5) is 4.39 Å². The maximum Gasteiger partial charge on any atom is 0.331 e. The van der Waals surface area contributed by atoms with Crippen molar-refractivity contribution in [3.8, 4) is 0 Å². The van der Waals surface area contributed by atoms with Crippen LogP contribution in [-0.4, -0.2) is 21.6 Å². The number of hydrogen-bond donors (Lipinski definition) is 1. The zero-order valence-corrected chi connectivity index (χ0v) is 20.6. The van der Waals surface area contributed by atoms with Crippen molar-refractivity contribution in [2.75, 3.05) is 6.54 Å². The average Bonchev–Trinajstić information content (AvgIpc) is 3.30. The number of aromatic nitrogens is 2. The predicted octanol–water partition coefficient (Wildman–Crippen LogP) is 4.38. The van der Waals surface area contributed by atoms with Gasteiger partial charge in [0.25, 0.3) is 5.56 Å². The number of carbonyl (C=O) groups excluding carboxylic acids is 1. The smallest absolute Gasteiger partial charge is 0.331 e. The van der Waals surface area contributed by atoms with Gasteiger partial charge in [-0.05, 0) is 73.1 Å². The summed E-state index contributed by atoms with van der Waals surface area (Å²) >= 11 is 1.32. The normalized spacial score (nSPS) is 18.5. The van der Waals surface area contributed by atoms with Crippen molar-refractivity contribution in [1.82, 2.24) is 14.5 Å². The molecule has 2 aromatic heterocycles. The van der Waals surface area contributed by atoms with Crippen molar-refractivity contribution >= 4 is 27.5 Å². The molecule has 1 aliphatic carbocycles. The zero-order chi connectivity index (χ0) is 24.2. The molecule has 0 saturated heterocycles. The lowest BCUT2D eigenvalue weighted by Crippen LogP contribution is -2.42. The molecule has 182 valence electrons. The molecule has 1 amide bonds. The highest BCUT2D eigenvalue weighted by Gasteiger charge is 2.27. The summed E-state index contributed by atoms with van der Waals surface area (Å²) in [6, 6.07) is 7.95. The molecule has 3 aromatic rings. The Kier molecular flexibility index (Phi) is 7.66. The van der Waals surface area contributed by atoms with Gasteiger partial charge >= 0.3 is 5.69 Å². The molecule has 0 spiro atoms. The monoisotopic (exact) mass is 485 g/mol. The summed E-state index contributed by atoms with van der Waals surface area (Å²) < 4.78 is 17.1. The van der Waals surface area contributed by atoms with E-state index in [1.807, 2.05) is 0 Å². The third kappa shape index (κ3) is 5.49. The van der Waals surface area contributed by atoms with Gasteiger partial charge in [0, 0.05) is 19.0 Å². The Morgan fingerprint density at radius 2 is 1.91 bits per heavy atom. The number of fused-ring (bicyclic) bond motifs is 1. The van der Waals surface area contributed by atoms with E-state index in [4.69, 9.17) is 0 Å². The number of thiophene rings is 1. The van der Waals surface area contributed by atoms with E-state index in [1.54, 1.807) is 28.1 Å². The molecule has 1 aromatic carbocycles. The molecule has 0 bridgehead atoms. The van der Waals surface area contributed by atoms with Crippen molar-refractivity contribution in [2.45, 2.75) is 59.0 Å². The number of rotatable bonds is 8. The van der Waals surface area contributed by atoms with E-state index in [-0.39, 0.29) is 41.4 Å². The predicted molar refractivity (Wildman–Crippen MR) is 134 cm³/mol. The zero-order valence-electron chi connectivity index (χ0n) is 19.8. The van der Waals surface area contributed by atoms with Crippen LogP contribution in [0.15, 0.2) is 45.3 Å². The first-order chi connectivity index (χ1) is 16.3. The third-order valence-electron chi connectivity index (χ3n) is 6.75. The SMILES string of the molecule is CC(C)CCNC(=O)C1CCC(Cn2c(=O)c3sccc3n(Cc3cccc(F)c3)c2=O)CC1. The van der Waals surface area contributed by atoms with Gasteiger partial charge in [-0.15, -0.1) is 11.3 Å². The van der Waals surface area contributed by atoms with Crippen LogP contribution in [0.5, 0.6) is 0 Å². The molecule has 4 rings (SSSR count). The highest BCUT2D eigenvalue weighted by Crippen LogP contribution is 2.30. The van der Waals surface area contributed by atoms with Crippen LogP contribution >= 0.6 is 11.3 Å². The lowest BCUT2D eigenvalue weighted by atomic mass is 9.81. The molecule has 1 fully saturated rings. The highest BCUT2D eigenvalue weighted by atomic mass is 32.1. The minimum absolute atomic E-state index is 0.00421. The second kappa shape index (κ2) is 10.7. The van der Waals surface area contributed by atoms with Crippen LogP contribution in [0.3, 0.4) is 0 Å². The summed E-state index contributed by atoms with van der Waals surface area (Å²) in [5, 5.41) is 4.85. The number of nitrogens with zero attached hydrogens (tertiary/aromatic N) is 2. The Balaban J connectivity index is 1.49. The summed E-state index contributed by atoms with van der Waals surface area (Å²) in [6.45, 7) is 5.53. The third-order valence-corrected chi connectivity index (χ3v) is 7.64. The molecule has 8 heteroatoms. The van der Waals surface area contributed by atoms with Crippen molar-refractivity contribution in [3.05, 3.63) is 67.9 Å². The number of halogens is 1. The fraction of sp³-hybridized carbons (Fsp3) is 0.500. The molecule has 34 heavy (non-hydrogen) atoms. The molecule has 0 atom stereocenters. The molecule has 1 aliphatic rings. The first-order valence-corrected chi connectivity index (χ1v) is 12.9. The number of carbonyl (C=O) groups is 1. The average molecular weight is 486 g/mol. The Hall–Kier alpha value is -2.74. The van der Waals surface area contributed by atoms with E-state index in [0.717, 1.165) is 32.1 Å². The Morgan fingerprint density at radius 3 is 2.62 bits per heavy atom. The van der Waals surface area contributed by atoms with Gasteiger partial charge in [0.2, 0.25) is 5.91 Å². The van der Waals surface area contributed by atoms with Gasteiger partial charge in [-0.1, -0.05) is 26.0 Å². The summed E-state index contributed by atoms with van der Waals surface area (Å²) in [4.78, 5) is 39.0. The van der Waals surface area contributed by atoms with E-state index in [2.05, 4.69) is 19.2 Å². The first kappa shape index (κ1) is 24.4. The lowest BCUT2D eigenvalue weighted by Gasteiger charge is -2.28. The molecule has 0 aliphatic heterocycles. The fourth-order valence-corrected chi connectivity index (χ4v) is 5.60. The molecular weight excluding hydrogens is 453 g/mol. The molecular formula is C26H32FN3O3S. The maximum absolute atomic E-state index is 13.7. The summed E-state index contributed by atoms with van der Waals surface area (Å²) in [5.74, 6) is 0.494. The van der Waals surface area contributed by atoms with Crippen LogP contribution in [0.25, 0.3) is 10.2 Å². The van der Waals surface area contributed by atoms with Crippen LogP contribution in [0.1, 0.15) is 51.5 Å². The molecule has 1 saturated carbocycles.